The normalized spacial score (nSPS) is 10.1. The minimum absolute atomic E-state index is 0.808. The van der Waals surface area contributed by atoms with Crippen molar-refractivity contribution in [1.29, 1.82) is 5.26 Å². The number of benzene rings is 2. The highest BCUT2D eigenvalue weighted by Gasteiger charge is 1.91. The van der Waals surface area contributed by atoms with Crippen molar-refractivity contribution in [2.75, 3.05) is 5.32 Å². The number of nitrogens with zero attached hydrogens (tertiary/aromatic N) is 1. The molecule has 2 aromatic rings. The lowest BCUT2D eigenvalue weighted by molar-refractivity contribution is 1.47. The van der Waals surface area contributed by atoms with Gasteiger partial charge in [0.2, 0.25) is 0 Å². The lowest BCUT2D eigenvalue weighted by Crippen LogP contribution is -1.86. The molecule has 0 unspecified atom stereocenters. The average molecular weight is 220 g/mol. The van der Waals surface area contributed by atoms with Gasteiger partial charge in [0.15, 0.2) is 6.19 Å². The van der Waals surface area contributed by atoms with E-state index in [4.69, 9.17) is 5.26 Å². The molecule has 0 heterocycles. The predicted molar refractivity (Wildman–Crippen MR) is 71.0 cm³/mol. The van der Waals surface area contributed by atoms with Crippen LogP contribution in [-0.4, -0.2) is 0 Å². The van der Waals surface area contributed by atoms with Gasteiger partial charge in [-0.3, -0.25) is 5.32 Å². The minimum atomic E-state index is 0.808. The Labute approximate surface area is 101 Å². The van der Waals surface area contributed by atoms with Gasteiger partial charge in [-0.25, -0.2) is 0 Å². The second-order valence-corrected chi connectivity index (χ2v) is 3.61. The second-order valence-electron chi connectivity index (χ2n) is 3.61. The van der Waals surface area contributed by atoms with Crippen LogP contribution in [0.3, 0.4) is 0 Å². The van der Waals surface area contributed by atoms with E-state index in [2.05, 4.69) is 5.32 Å². The van der Waals surface area contributed by atoms with Crippen molar-refractivity contribution in [2.24, 2.45) is 0 Å². The highest BCUT2D eigenvalue weighted by Crippen LogP contribution is 2.13. The number of anilines is 1. The van der Waals surface area contributed by atoms with Crippen LogP contribution < -0.4 is 5.32 Å². The first-order chi connectivity index (χ1) is 8.38. The summed E-state index contributed by atoms with van der Waals surface area (Å²) in [5.74, 6) is 0. The number of hydrogen-bond donors (Lipinski definition) is 1. The molecule has 0 aromatic heterocycles. The van der Waals surface area contributed by atoms with Gasteiger partial charge in [-0.2, -0.15) is 5.26 Å². The summed E-state index contributed by atoms with van der Waals surface area (Å²) in [4.78, 5) is 0. The third-order valence-electron chi connectivity index (χ3n) is 2.35. The summed E-state index contributed by atoms with van der Waals surface area (Å²) in [6, 6.07) is 17.8. The molecule has 2 heteroatoms. The Kier molecular flexibility index (Phi) is 3.57. The molecule has 0 aliphatic rings. The van der Waals surface area contributed by atoms with E-state index in [-0.39, 0.29) is 0 Å². The molecule has 0 bridgehead atoms. The van der Waals surface area contributed by atoms with E-state index < -0.39 is 0 Å². The van der Waals surface area contributed by atoms with E-state index in [1.165, 1.54) is 0 Å². The van der Waals surface area contributed by atoms with Crippen LogP contribution in [0.15, 0.2) is 54.6 Å². The van der Waals surface area contributed by atoms with Crippen molar-refractivity contribution in [3.63, 3.8) is 0 Å². The van der Waals surface area contributed by atoms with Crippen molar-refractivity contribution in [3.8, 4) is 6.19 Å². The van der Waals surface area contributed by atoms with Gasteiger partial charge in [0.1, 0.15) is 0 Å². The highest BCUT2D eigenvalue weighted by molar-refractivity contribution is 5.71. The summed E-state index contributed by atoms with van der Waals surface area (Å²) in [7, 11) is 0. The third-order valence-corrected chi connectivity index (χ3v) is 2.35. The first-order valence-corrected chi connectivity index (χ1v) is 5.37. The van der Waals surface area contributed by atoms with Crippen LogP contribution in [0.5, 0.6) is 0 Å². The average Bonchev–Trinajstić information content (AvgIpc) is 2.39. The van der Waals surface area contributed by atoms with E-state index in [0.29, 0.717) is 0 Å². The van der Waals surface area contributed by atoms with E-state index in [0.717, 1.165) is 16.8 Å². The fourth-order valence-corrected chi connectivity index (χ4v) is 1.54. The van der Waals surface area contributed by atoms with Gasteiger partial charge in [-0.1, -0.05) is 54.6 Å². The molecule has 0 aliphatic heterocycles. The predicted octanol–water partition coefficient (Wildman–Crippen LogP) is 3.75. The Morgan fingerprint density at radius 1 is 0.882 bits per heavy atom. The molecule has 0 aliphatic carbocycles. The Morgan fingerprint density at radius 3 is 2.35 bits per heavy atom. The SMILES string of the molecule is N#CNc1cccc(C=Cc2ccccc2)c1. The summed E-state index contributed by atoms with van der Waals surface area (Å²) >= 11 is 0. The van der Waals surface area contributed by atoms with Crippen molar-refractivity contribution >= 4 is 17.8 Å². The summed E-state index contributed by atoms with van der Waals surface area (Å²) in [5.41, 5.74) is 3.03. The minimum Gasteiger partial charge on any atom is -0.293 e. The van der Waals surface area contributed by atoms with Crippen LogP contribution in [0, 0.1) is 11.5 Å². The maximum absolute atomic E-state index is 8.54. The van der Waals surface area contributed by atoms with Crippen molar-refractivity contribution in [2.45, 2.75) is 0 Å². The molecule has 0 saturated carbocycles. The van der Waals surface area contributed by atoms with Gasteiger partial charge in [0.05, 0.1) is 0 Å². The summed E-state index contributed by atoms with van der Waals surface area (Å²) in [5, 5.41) is 11.2. The van der Waals surface area contributed by atoms with Crippen molar-refractivity contribution < 1.29 is 0 Å². The van der Waals surface area contributed by atoms with Gasteiger partial charge in [-0.05, 0) is 23.3 Å². The Hall–Kier alpha value is -2.53. The largest absolute Gasteiger partial charge is 0.293 e. The molecule has 0 amide bonds. The molecule has 2 nitrogen and oxygen atoms in total. The van der Waals surface area contributed by atoms with Gasteiger partial charge < -0.3 is 0 Å². The molecule has 0 saturated heterocycles. The van der Waals surface area contributed by atoms with E-state index in [1.54, 1.807) is 0 Å². The molecular weight excluding hydrogens is 208 g/mol. The molecular formula is C15H12N2. The molecule has 0 radical (unpaired) electrons. The van der Waals surface area contributed by atoms with E-state index >= 15 is 0 Å². The Morgan fingerprint density at radius 2 is 1.59 bits per heavy atom. The van der Waals surface area contributed by atoms with E-state index in [9.17, 15) is 0 Å². The van der Waals surface area contributed by atoms with Gasteiger partial charge in [0, 0.05) is 5.69 Å². The molecule has 82 valence electrons. The van der Waals surface area contributed by atoms with Crippen LogP contribution in [0.1, 0.15) is 11.1 Å². The Balaban J connectivity index is 2.16. The molecule has 1 N–H and O–H groups in total. The molecule has 0 fully saturated rings. The summed E-state index contributed by atoms with van der Waals surface area (Å²) in [6.45, 7) is 0. The maximum atomic E-state index is 8.54. The third kappa shape index (κ3) is 3.22. The molecule has 0 atom stereocenters. The topological polar surface area (TPSA) is 35.8 Å². The number of nitriles is 1. The van der Waals surface area contributed by atoms with Crippen LogP contribution in [0.25, 0.3) is 12.2 Å². The first kappa shape index (κ1) is 11.0. The first-order valence-electron chi connectivity index (χ1n) is 5.37. The maximum Gasteiger partial charge on any atom is 0.181 e. The summed E-state index contributed by atoms with van der Waals surface area (Å²) < 4.78 is 0. The molecule has 2 aromatic carbocycles. The standard InChI is InChI=1S/C15H12N2/c16-12-17-15-8-4-7-14(11-15)10-9-13-5-2-1-3-6-13/h1-11,17H. The van der Waals surface area contributed by atoms with Crippen LogP contribution in [0.4, 0.5) is 5.69 Å². The van der Waals surface area contributed by atoms with Gasteiger partial charge >= 0.3 is 0 Å². The zero-order chi connectivity index (χ0) is 11.9. The molecule has 17 heavy (non-hydrogen) atoms. The smallest absolute Gasteiger partial charge is 0.181 e. The van der Waals surface area contributed by atoms with Crippen LogP contribution >= 0.6 is 0 Å². The van der Waals surface area contributed by atoms with Crippen molar-refractivity contribution in [3.05, 3.63) is 65.7 Å². The fraction of sp³-hybridized carbons (Fsp3) is 0. The fourth-order valence-electron chi connectivity index (χ4n) is 1.54. The van der Waals surface area contributed by atoms with Gasteiger partial charge in [0.25, 0.3) is 0 Å². The van der Waals surface area contributed by atoms with Crippen LogP contribution in [0.2, 0.25) is 0 Å². The number of hydrogen-bond acceptors (Lipinski definition) is 2. The molecule has 0 spiro atoms. The highest BCUT2D eigenvalue weighted by atomic mass is 14.9. The second kappa shape index (κ2) is 5.53. The monoisotopic (exact) mass is 220 g/mol. The van der Waals surface area contributed by atoms with Crippen molar-refractivity contribution in [1.82, 2.24) is 0 Å². The van der Waals surface area contributed by atoms with Gasteiger partial charge in [-0.15, -0.1) is 0 Å². The lowest BCUT2D eigenvalue weighted by atomic mass is 10.1. The lowest BCUT2D eigenvalue weighted by Gasteiger charge is -1.98. The van der Waals surface area contributed by atoms with Crippen LogP contribution in [-0.2, 0) is 0 Å². The zero-order valence-electron chi connectivity index (χ0n) is 9.30. The Bertz CT molecular complexity index is 551. The molecule has 2 rings (SSSR count). The number of rotatable bonds is 3. The number of nitrogens with one attached hydrogen (secondary N) is 1. The van der Waals surface area contributed by atoms with E-state index in [1.807, 2.05) is 72.9 Å². The summed E-state index contributed by atoms with van der Waals surface area (Å²) in [6.07, 6.45) is 5.98. The quantitative estimate of drug-likeness (QED) is 0.485. The zero-order valence-corrected chi connectivity index (χ0v) is 9.30.